The van der Waals surface area contributed by atoms with Gasteiger partial charge in [0.1, 0.15) is 6.61 Å². The molecule has 0 spiro atoms. The van der Waals surface area contributed by atoms with Crippen LogP contribution in [0.25, 0.3) is 0 Å². The number of carbonyl (C=O) groups excluding carboxylic acids is 1. The third-order valence-corrected chi connectivity index (χ3v) is 2.42. The second-order valence-corrected chi connectivity index (χ2v) is 3.62. The van der Waals surface area contributed by atoms with Crippen LogP contribution in [-0.4, -0.2) is 12.6 Å². The van der Waals surface area contributed by atoms with E-state index in [4.69, 9.17) is 10.5 Å². The summed E-state index contributed by atoms with van der Waals surface area (Å²) in [5.74, 6) is -0.180. The van der Waals surface area contributed by atoms with Crippen LogP contribution in [0.3, 0.4) is 0 Å². The molecular formula is C13H13NO2. The van der Waals surface area contributed by atoms with E-state index < -0.39 is 0 Å². The first kappa shape index (κ1) is 10.5. The fourth-order valence-electron chi connectivity index (χ4n) is 1.52. The molecule has 1 aromatic rings. The average molecular weight is 215 g/mol. The fraction of sp³-hybridized carbons (Fsp3) is 0.154. The van der Waals surface area contributed by atoms with Gasteiger partial charge in [-0.05, 0) is 12.1 Å². The van der Waals surface area contributed by atoms with Crippen LogP contribution in [-0.2, 0) is 4.74 Å². The van der Waals surface area contributed by atoms with Gasteiger partial charge in [0.05, 0.1) is 5.56 Å². The number of benzene rings is 1. The second kappa shape index (κ2) is 4.66. The van der Waals surface area contributed by atoms with E-state index in [2.05, 4.69) is 0 Å². The van der Waals surface area contributed by atoms with Gasteiger partial charge >= 0.3 is 5.97 Å². The summed E-state index contributed by atoms with van der Waals surface area (Å²) in [6, 6.07) is 6.90. The molecule has 2 N–H and O–H groups in total. The van der Waals surface area contributed by atoms with Crippen molar-refractivity contribution >= 4 is 11.7 Å². The van der Waals surface area contributed by atoms with Crippen molar-refractivity contribution in [2.45, 2.75) is 0 Å². The second-order valence-electron chi connectivity index (χ2n) is 3.62. The molecule has 0 heterocycles. The standard InChI is InChI=1S/C13H13NO2/c14-12-8-4-3-7-11(12)13(15)16-9-10-5-1-2-6-10/h1-8,10H,9,14H2. The number of carbonyl (C=O) groups is 1. The van der Waals surface area contributed by atoms with Crippen molar-refractivity contribution in [3.8, 4) is 0 Å². The molecule has 2 rings (SSSR count). The molecule has 0 aromatic heterocycles. The number of allylic oxidation sites excluding steroid dienone is 2. The van der Waals surface area contributed by atoms with Gasteiger partial charge in [0.25, 0.3) is 0 Å². The first-order valence-corrected chi connectivity index (χ1v) is 5.14. The maximum atomic E-state index is 11.7. The molecule has 1 aliphatic rings. The Bertz CT molecular complexity index is 437. The summed E-state index contributed by atoms with van der Waals surface area (Å²) in [5, 5.41) is 0. The van der Waals surface area contributed by atoms with E-state index in [-0.39, 0.29) is 11.9 Å². The van der Waals surface area contributed by atoms with Crippen molar-refractivity contribution in [3.05, 3.63) is 54.1 Å². The topological polar surface area (TPSA) is 52.3 Å². The third-order valence-electron chi connectivity index (χ3n) is 2.42. The Morgan fingerprint density at radius 3 is 2.62 bits per heavy atom. The lowest BCUT2D eigenvalue weighted by Gasteiger charge is -2.08. The van der Waals surface area contributed by atoms with Gasteiger partial charge < -0.3 is 10.5 Å². The normalized spacial score (nSPS) is 14.2. The van der Waals surface area contributed by atoms with Crippen molar-refractivity contribution < 1.29 is 9.53 Å². The van der Waals surface area contributed by atoms with Crippen LogP contribution in [0.4, 0.5) is 5.69 Å². The van der Waals surface area contributed by atoms with E-state index in [1.54, 1.807) is 24.3 Å². The average Bonchev–Trinajstić information content (AvgIpc) is 2.79. The Labute approximate surface area is 94.2 Å². The number of rotatable bonds is 3. The van der Waals surface area contributed by atoms with Crippen LogP contribution in [0.2, 0.25) is 0 Å². The van der Waals surface area contributed by atoms with Gasteiger partial charge in [-0.25, -0.2) is 4.79 Å². The van der Waals surface area contributed by atoms with E-state index >= 15 is 0 Å². The van der Waals surface area contributed by atoms with Crippen molar-refractivity contribution in [1.29, 1.82) is 0 Å². The minimum absolute atomic E-state index is 0.189. The molecule has 0 saturated heterocycles. The minimum atomic E-state index is -0.369. The van der Waals surface area contributed by atoms with E-state index in [0.29, 0.717) is 17.9 Å². The SMILES string of the molecule is Nc1ccccc1C(=O)OCC1C=CC=C1. The molecule has 0 aliphatic heterocycles. The summed E-state index contributed by atoms with van der Waals surface area (Å²) in [6.07, 6.45) is 7.86. The van der Waals surface area contributed by atoms with E-state index in [1.807, 2.05) is 24.3 Å². The number of hydrogen-bond donors (Lipinski definition) is 1. The highest BCUT2D eigenvalue weighted by atomic mass is 16.5. The molecule has 1 aromatic carbocycles. The van der Waals surface area contributed by atoms with Gasteiger partial charge in [-0.2, -0.15) is 0 Å². The van der Waals surface area contributed by atoms with Crippen LogP contribution in [0, 0.1) is 5.92 Å². The number of para-hydroxylation sites is 1. The molecule has 16 heavy (non-hydrogen) atoms. The lowest BCUT2D eigenvalue weighted by Crippen LogP contribution is -2.12. The van der Waals surface area contributed by atoms with Gasteiger partial charge in [0.15, 0.2) is 0 Å². The van der Waals surface area contributed by atoms with E-state index in [1.165, 1.54) is 0 Å². The highest BCUT2D eigenvalue weighted by Crippen LogP contribution is 2.14. The molecule has 0 unspecified atom stereocenters. The molecule has 0 bridgehead atoms. The third kappa shape index (κ3) is 2.31. The minimum Gasteiger partial charge on any atom is -0.461 e. The van der Waals surface area contributed by atoms with Crippen LogP contribution < -0.4 is 5.73 Å². The highest BCUT2D eigenvalue weighted by molar-refractivity contribution is 5.94. The van der Waals surface area contributed by atoms with Gasteiger partial charge in [0.2, 0.25) is 0 Å². The van der Waals surface area contributed by atoms with Crippen LogP contribution in [0.1, 0.15) is 10.4 Å². The maximum Gasteiger partial charge on any atom is 0.340 e. The first-order chi connectivity index (χ1) is 7.77. The maximum absolute atomic E-state index is 11.7. The zero-order valence-electron chi connectivity index (χ0n) is 8.80. The molecule has 0 radical (unpaired) electrons. The summed E-state index contributed by atoms with van der Waals surface area (Å²) >= 11 is 0. The Kier molecular flexibility index (Phi) is 3.05. The largest absolute Gasteiger partial charge is 0.461 e. The predicted molar refractivity (Wildman–Crippen MR) is 62.9 cm³/mol. The molecule has 0 amide bonds. The zero-order valence-corrected chi connectivity index (χ0v) is 8.80. The molecule has 82 valence electrons. The Hall–Kier alpha value is -2.03. The van der Waals surface area contributed by atoms with E-state index in [0.717, 1.165) is 0 Å². The summed E-state index contributed by atoms with van der Waals surface area (Å²) in [5.41, 5.74) is 6.55. The molecule has 0 saturated carbocycles. The number of nitrogens with two attached hydrogens (primary N) is 1. The Morgan fingerprint density at radius 1 is 1.25 bits per heavy atom. The molecule has 1 aliphatic carbocycles. The Morgan fingerprint density at radius 2 is 1.94 bits per heavy atom. The smallest absolute Gasteiger partial charge is 0.340 e. The monoisotopic (exact) mass is 215 g/mol. The molecule has 3 heteroatoms. The fourth-order valence-corrected chi connectivity index (χ4v) is 1.52. The van der Waals surface area contributed by atoms with Crippen molar-refractivity contribution in [2.24, 2.45) is 5.92 Å². The summed E-state index contributed by atoms with van der Waals surface area (Å²) in [4.78, 5) is 11.7. The highest BCUT2D eigenvalue weighted by Gasteiger charge is 2.12. The van der Waals surface area contributed by atoms with Crippen LogP contribution in [0.15, 0.2) is 48.6 Å². The van der Waals surface area contributed by atoms with Crippen molar-refractivity contribution in [1.82, 2.24) is 0 Å². The summed E-state index contributed by atoms with van der Waals surface area (Å²) in [7, 11) is 0. The lowest BCUT2D eigenvalue weighted by molar-refractivity contribution is 0.0486. The molecule has 0 fully saturated rings. The van der Waals surface area contributed by atoms with Crippen LogP contribution >= 0.6 is 0 Å². The van der Waals surface area contributed by atoms with Gasteiger partial charge in [0, 0.05) is 11.6 Å². The lowest BCUT2D eigenvalue weighted by atomic mass is 10.2. The molecular weight excluding hydrogens is 202 g/mol. The van der Waals surface area contributed by atoms with Gasteiger partial charge in [-0.1, -0.05) is 36.4 Å². The summed E-state index contributed by atoms with van der Waals surface area (Å²) in [6.45, 7) is 0.361. The van der Waals surface area contributed by atoms with Gasteiger partial charge in [-0.3, -0.25) is 0 Å². The summed E-state index contributed by atoms with van der Waals surface area (Å²) < 4.78 is 5.17. The van der Waals surface area contributed by atoms with Crippen molar-refractivity contribution in [3.63, 3.8) is 0 Å². The number of esters is 1. The number of anilines is 1. The zero-order chi connectivity index (χ0) is 11.4. The molecule has 3 nitrogen and oxygen atoms in total. The Balaban J connectivity index is 1.95. The number of nitrogen functional groups attached to an aromatic ring is 1. The molecule has 0 atom stereocenters. The quantitative estimate of drug-likeness (QED) is 0.621. The van der Waals surface area contributed by atoms with Crippen LogP contribution in [0.5, 0.6) is 0 Å². The first-order valence-electron chi connectivity index (χ1n) is 5.14. The van der Waals surface area contributed by atoms with Gasteiger partial charge in [-0.15, -0.1) is 0 Å². The van der Waals surface area contributed by atoms with Crippen molar-refractivity contribution in [2.75, 3.05) is 12.3 Å². The van der Waals surface area contributed by atoms with E-state index in [9.17, 15) is 4.79 Å². The number of ether oxygens (including phenoxy) is 1. The predicted octanol–water partition coefficient (Wildman–Crippen LogP) is 2.17. The number of hydrogen-bond acceptors (Lipinski definition) is 3.